The number of rotatable bonds is 3. The van der Waals surface area contributed by atoms with E-state index in [9.17, 15) is 20.0 Å². The van der Waals surface area contributed by atoms with Crippen LogP contribution in [0.5, 0.6) is 0 Å². The third-order valence-corrected chi connectivity index (χ3v) is 5.39. The van der Waals surface area contributed by atoms with Gasteiger partial charge in [-0.25, -0.2) is 0 Å². The smallest absolute Gasteiger partial charge is 0.275 e. The van der Waals surface area contributed by atoms with Gasteiger partial charge in [0.05, 0.1) is 28.2 Å². The number of nitrogens with one attached hydrogen (secondary N) is 1. The van der Waals surface area contributed by atoms with Gasteiger partial charge in [-0.15, -0.1) is 0 Å². The first kappa shape index (κ1) is 16.6. The number of nitro benzene ring substituents is 1. The van der Waals surface area contributed by atoms with Crippen LogP contribution in [0.15, 0.2) is 48.6 Å². The first-order valence-corrected chi connectivity index (χ1v) is 8.56. The molecule has 2 aromatic rings. The molecule has 0 saturated carbocycles. The summed E-state index contributed by atoms with van der Waals surface area (Å²) >= 11 is 5.97. The van der Waals surface area contributed by atoms with E-state index in [1.807, 2.05) is 24.3 Å². The lowest BCUT2D eigenvalue weighted by molar-refractivity contribution is -0.385. The summed E-state index contributed by atoms with van der Waals surface area (Å²) in [6.45, 7) is 0. The molecule has 0 unspecified atom stereocenters. The predicted molar refractivity (Wildman–Crippen MR) is 95.2 cm³/mol. The first-order chi connectivity index (χ1) is 12.5. The Morgan fingerprint density at radius 1 is 1.19 bits per heavy atom. The van der Waals surface area contributed by atoms with Gasteiger partial charge in [-0.2, -0.15) is 0 Å². The molecule has 1 N–H and O–H groups in total. The van der Waals surface area contributed by atoms with E-state index in [0.29, 0.717) is 10.6 Å². The molecule has 0 radical (unpaired) electrons. The van der Waals surface area contributed by atoms with Gasteiger partial charge in [-0.3, -0.25) is 10.1 Å². The van der Waals surface area contributed by atoms with Crippen molar-refractivity contribution in [3.05, 3.63) is 80.4 Å². The van der Waals surface area contributed by atoms with Crippen LogP contribution in [0.1, 0.15) is 39.9 Å². The van der Waals surface area contributed by atoms with Crippen molar-refractivity contribution in [3.63, 3.8) is 0 Å². The van der Waals surface area contributed by atoms with Gasteiger partial charge < -0.3 is 15.2 Å². The quantitative estimate of drug-likeness (QED) is 0.508. The average molecular weight is 370 g/mol. The fourth-order valence-electron chi connectivity index (χ4n) is 4.02. The number of hydrogen-bond donors (Lipinski definition) is 1. The zero-order valence-corrected chi connectivity index (χ0v) is 14.3. The Morgan fingerprint density at radius 2 is 1.92 bits per heavy atom. The molecule has 1 aliphatic carbocycles. The van der Waals surface area contributed by atoms with Crippen molar-refractivity contribution in [2.75, 3.05) is 5.32 Å². The van der Waals surface area contributed by atoms with E-state index < -0.39 is 10.9 Å². The third kappa shape index (κ3) is 2.54. The molecule has 0 amide bonds. The summed E-state index contributed by atoms with van der Waals surface area (Å²) in [6, 6.07) is 9.62. The molecule has 132 valence electrons. The van der Waals surface area contributed by atoms with Crippen LogP contribution in [0.3, 0.4) is 0 Å². The van der Waals surface area contributed by atoms with Crippen molar-refractivity contribution < 1.29 is 14.8 Å². The van der Waals surface area contributed by atoms with Crippen molar-refractivity contribution in [2.45, 2.75) is 18.4 Å². The summed E-state index contributed by atoms with van der Waals surface area (Å²) in [4.78, 5) is 22.6. The summed E-state index contributed by atoms with van der Waals surface area (Å²) in [5.41, 5.74) is 1.50. The molecule has 0 aromatic heterocycles. The molecular formula is C19H14ClN2O4-. The number of nitro groups is 1. The highest BCUT2D eigenvalue weighted by atomic mass is 35.5. The maximum absolute atomic E-state index is 11.6. The molecule has 1 aliphatic heterocycles. The van der Waals surface area contributed by atoms with E-state index in [4.69, 9.17) is 11.6 Å². The summed E-state index contributed by atoms with van der Waals surface area (Å²) < 4.78 is 0. The van der Waals surface area contributed by atoms with Crippen LogP contribution >= 0.6 is 11.6 Å². The van der Waals surface area contributed by atoms with Gasteiger partial charge in [-0.1, -0.05) is 35.9 Å². The van der Waals surface area contributed by atoms with Gasteiger partial charge in [0.15, 0.2) is 0 Å². The highest BCUT2D eigenvalue weighted by Gasteiger charge is 2.42. The van der Waals surface area contributed by atoms with E-state index >= 15 is 0 Å². The molecule has 3 atom stereocenters. The molecule has 2 aliphatic rings. The normalized spacial score (nSPS) is 23.0. The van der Waals surface area contributed by atoms with E-state index in [1.54, 1.807) is 12.1 Å². The highest BCUT2D eigenvalue weighted by molar-refractivity contribution is 6.30. The number of anilines is 1. The molecule has 1 heterocycles. The van der Waals surface area contributed by atoms with Gasteiger partial charge in [0, 0.05) is 22.6 Å². The monoisotopic (exact) mass is 369 g/mol. The van der Waals surface area contributed by atoms with Crippen LogP contribution in [0.4, 0.5) is 11.4 Å². The number of carboxylic acid groups (broad SMARTS) is 1. The van der Waals surface area contributed by atoms with Crippen molar-refractivity contribution in [1.82, 2.24) is 0 Å². The van der Waals surface area contributed by atoms with Gasteiger partial charge in [0.1, 0.15) is 0 Å². The maximum atomic E-state index is 11.6. The van der Waals surface area contributed by atoms with Crippen LogP contribution < -0.4 is 10.4 Å². The molecule has 0 bridgehead atoms. The second-order valence-corrected chi connectivity index (χ2v) is 6.93. The molecule has 0 spiro atoms. The van der Waals surface area contributed by atoms with E-state index in [-0.39, 0.29) is 34.8 Å². The number of carbonyl (C=O) groups is 1. The van der Waals surface area contributed by atoms with Gasteiger partial charge in [0.25, 0.3) is 5.69 Å². The minimum absolute atomic E-state index is 0.0550. The Hall–Kier alpha value is -2.86. The summed E-state index contributed by atoms with van der Waals surface area (Å²) in [7, 11) is 0. The lowest BCUT2D eigenvalue weighted by Gasteiger charge is -2.38. The van der Waals surface area contributed by atoms with Crippen LogP contribution in [-0.4, -0.2) is 10.9 Å². The zero-order valence-electron chi connectivity index (χ0n) is 13.5. The number of benzene rings is 2. The molecule has 6 nitrogen and oxygen atoms in total. The average Bonchev–Trinajstić information content (AvgIpc) is 3.10. The van der Waals surface area contributed by atoms with Gasteiger partial charge >= 0.3 is 0 Å². The minimum Gasteiger partial charge on any atom is -0.545 e. The lowest BCUT2D eigenvalue weighted by atomic mass is 9.75. The Morgan fingerprint density at radius 3 is 2.58 bits per heavy atom. The van der Waals surface area contributed by atoms with Crippen molar-refractivity contribution in [1.29, 1.82) is 0 Å². The summed E-state index contributed by atoms with van der Waals surface area (Å²) in [5.74, 6) is -1.54. The fraction of sp³-hybridized carbons (Fsp3) is 0.211. The second-order valence-electron chi connectivity index (χ2n) is 6.49. The van der Waals surface area contributed by atoms with Crippen molar-refractivity contribution in [3.8, 4) is 0 Å². The fourth-order valence-corrected chi connectivity index (χ4v) is 4.15. The van der Waals surface area contributed by atoms with Gasteiger partial charge in [0.2, 0.25) is 0 Å². The number of hydrogen-bond acceptors (Lipinski definition) is 5. The van der Waals surface area contributed by atoms with Crippen molar-refractivity contribution in [2.24, 2.45) is 5.92 Å². The molecule has 7 heteroatoms. The number of halogens is 1. The summed E-state index contributed by atoms with van der Waals surface area (Å²) in [6.07, 6.45) is 4.67. The second kappa shape index (κ2) is 6.14. The van der Waals surface area contributed by atoms with Crippen LogP contribution in [0.25, 0.3) is 0 Å². The topological polar surface area (TPSA) is 95.3 Å². The Bertz CT molecular complexity index is 939. The first-order valence-electron chi connectivity index (χ1n) is 8.18. The SMILES string of the molecule is O=C([O-])c1ccc([N+](=O)[O-])c2c1N[C@H](c1ccc(Cl)cc1)[C@@H]1CC=C[C@H]21. The number of carboxylic acids is 1. The highest BCUT2D eigenvalue weighted by Crippen LogP contribution is 2.53. The molecule has 0 fully saturated rings. The molecular weight excluding hydrogens is 356 g/mol. The van der Waals surface area contributed by atoms with E-state index in [2.05, 4.69) is 5.32 Å². The van der Waals surface area contributed by atoms with Gasteiger partial charge in [-0.05, 0) is 36.1 Å². The largest absolute Gasteiger partial charge is 0.545 e. The van der Waals surface area contributed by atoms with Crippen molar-refractivity contribution >= 4 is 28.9 Å². The van der Waals surface area contributed by atoms with Crippen LogP contribution in [-0.2, 0) is 0 Å². The standard InChI is InChI=1S/C19H15ClN2O4/c20-11-6-4-10(5-7-11)17-13-3-1-2-12(13)16-15(22(25)26)9-8-14(19(23)24)18(16)21-17/h1-2,4-9,12-13,17,21H,3H2,(H,23,24)/p-1/t12-,13+,17+/m0/s1. The molecule has 0 saturated heterocycles. The number of nitrogens with zero attached hydrogens (tertiary/aromatic N) is 1. The number of fused-ring (bicyclic) bond motifs is 3. The lowest BCUT2D eigenvalue weighted by Crippen LogP contribution is -2.33. The molecule has 2 aromatic carbocycles. The Balaban J connectivity index is 1.91. The minimum atomic E-state index is -1.36. The predicted octanol–water partition coefficient (Wildman–Crippen LogP) is 3.44. The maximum Gasteiger partial charge on any atom is 0.275 e. The van der Waals surface area contributed by atoms with Crippen LogP contribution in [0, 0.1) is 16.0 Å². The number of carbonyl (C=O) groups excluding carboxylic acids is 1. The Labute approximate surface area is 154 Å². The number of allylic oxidation sites excluding steroid dienone is 2. The van der Waals surface area contributed by atoms with E-state index in [0.717, 1.165) is 12.0 Å². The molecule has 4 rings (SSSR count). The van der Waals surface area contributed by atoms with Crippen LogP contribution in [0.2, 0.25) is 5.02 Å². The third-order valence-electron chi connectivity index (χ3n) is 5.14. The summed E-state index contributed by atoms with van der Waals surface area (Å²) in [5, 5.41) is 26.9. The Kier molecular flexibility index (Phi) is 3.92. The number of aromatic carboxylic acids is 1. The van der Waals surface area contributed by atoms with E-state index in [1.165, 1.54) is 12.1 Å². The zero-order chi connectivity index (χ0) is 18.4. The molecule has 26 heavy (non-hydrogen) atoms.